The molecule has 1 amide bonds. The summed E-state index contributed by atoms with van der Waals surface area (Å²) in [6, 6.07) is 21.6. The molecule has 1 aliphatic rings. The van der Waals surface area contributed by atoms with Crippen molar-refractivity contribution < 1.29 is 28.7 Å². The lowest BCUT2D eigenvalue weighted by molar-refractivity contribution is -0.132. The van der Waals surface area contributed by atoms with Crippen LogP contribution in [0.5, 0.6) is 11.5 Å². The van der Waals surface area contributed by atoms with Crippen LogP contribution in [0.4, 0.5) is 5.69 Å². The molecule has 0 spiro atoms. The first-order chi connectivity index (χ1) is 17.5. The fourth-order valence-electron chi connectivity index (χ4n) is 4.34. The Balaban J connectivity index is 1.67. The number of nitrogens with zero attached hydrogens (tertiary/aromatic N) is 2. The number of aliphatic hydroxyl groups excluding tert-OH is 1. The molecule has 1 unspecified atom stereocenters. The highest BCUT2D eigenvalue weighted by Gasteiger charge is 2.47. The molecule has 5 rings (SSSR count). The zero-order chi connectivity index (χ0) is 25.2. The van der Waals surface area contributed by atoms with Crippen molar-refractivity contribution in [2.24, 2.45) is 0 Å². The topological polar surface area (TPSA) is 102 Å². The number of benzene rings is 3. The van der Waals surface area contributed by atoms with Gasteiger partial charge in [-0.3, -0.25) is 14.5 Å². The molecule has 1 saturated heterocycles. The number of aromatic nitrogens is 1. The lowest BCUT2D eigenvalue weighted by Crippen LogP contribution is -2.29. The van der Waals surface area contributed by atoms with Crippen LogP contribution in [0.2, 0.25) is 0 Å². The van der Waals surface area contributed by atoms with Gasteiger partial charge in [-0.05, 0) is 42.5 Å². The van der Waals surface area contributed by atoms with Crippen LogP contribution in [0.15, 0.2) is 95.2 Å². The van der Waals surface area contributed by atoms with Gasteiger partial charge in [-0.15, -0.1) is 0 Å². The Morgan fingerprint density at radius 2 is 1.64 bits per heavy atom. The maximum absolute atomic E-state index is 13.4. The Morgan fingerprint density at radius 1 is 0.917 bits per heavy atom. The highest BCUT2D eigenvalue weighted by molar-refractivity contribution is 6.51. The van der Waals surface area contributed by atoms with Crippen LogP contribution in [-0.4, -0.2) is 36.2 Å². The number of methoxy groups -OCH3 is 2. The van der Waals surface area contributed by atoms with E-state index in [-0.39, 0.29) is 11.3 Å². The number of Topliss-reactive ketones (excluding diaryl/α,β-unsaturated/α-hetero) is 1. The van der Waals surface area contributed by atoms with Gasteiger partial charge in [0.05, 0.1) is 25.8 Å². The molecule has 1 aliphatic heterocycles. The van der Waals surface area contributed by atoms with E-state index in [1.54, 1.807) is 78.9 Å². The number of ether oxygens (including phenoxy) is 2. The minimum absolute atomic E-state index is 0.0322. The normalized spacial score (nSPS) is 16.8. The predicted octanol–water partition coefficient (Wildman–Crippen LogP) is 4.99. The van der Waals surface area contributed by atoms with Crippen molar-refractivity contribution in [2.45, 2.75) is 6.04 Å². The van der Waals surface area contributed by atoms with E-state index in [2.05, 4.69) is 5.16 Å². The molecule has 8 heteroatoms. The average molecular weight is 482 g/mol. The number of aliphatic hydroxyl groups is 1. The van der Waals surface area contributed by atoms with E-state index < -0.39 is 17.7 Å². The van der Waals surface area contributed by atoms with E-state index in [1.807, 2.05) is 0 Å². The molecular formula is C28H22N2O6. The van der Waals surface area contributed by atoms with Gasteiger partial charge in [-0.25, -0.2) is 0 Å². The first-order valence-corrected chi connectivity index (χ1v) is 11.1. The van der Waals surface area contributed by atoms with Crippen LogP contribution in [-0.2, 0) is 9.59 Å². The fraction of sp³-hybridized carbons (Fsp3) is 0.107. The zero-order valence-electron chi connectivity index (χ0n) is 19.5. The number of hydrogen-bond acceptors (Lipinski definition) is 7. The summed E-state index contributed by atoms with van der Waals surface area (Å²) < 4.78 is 15.7. The third-order valence-electron chi connectivity index (χ3n) is 6.12. The van der Waals surface area contributed by atoms with Crippen LogP contribution < -0.4 is 14.4 Å². The molecule has 0 saturated carbocycles. The predicted molar refractivity (Wildman–Crippen MR) is 133 cm³/mol. The molecule has 3 aromatic carbocycles. The lowest BCUT2D eigenvalue weighted by atomic mass is 9.94. The SMILES string of the molecule is COc1ccc(/C(O)=C2/C(=O)C(=O)N(c3ccc(-c4ccon4)cc3)C2c2ccccc2OC)cc1. The smallest absolute Gasteiger partial charge is 0.300 e. The standard InChI is InChI=1S/C28H22N2O6/c1-34-20-13-9-18(10-14-20)26(31)24-25(21-5-3-4-6-23(21)35-2)30(28(33)27(24)32)19-11-7-17(8-12-19)22-15-16-36-29-22/h3-16,25,31H,1-2H3/b26-24-. The van der Waals surface area contributed by atoms with Crippen molar-refractivity contribution in [2.75, 3.05) is 19.1 Å². The van der Waals surface area contributed by atoms with Gasteiger partial charge in [0, 0.05) is 28.4 Å². The van der Waals surface area contributed by atoms with Crippen LogP contribution >= 0.6 is 0 Å². The van der Waals surface area contributed by atoms with E-state index in [9.17, 15) is 14.7 Å². The second-order valence-corrected chi connectivity index (χ2v) is 8.07. The lowest BCUT2D eigenvalue weighted by Gasteiger charge is -2.26. The van der Waals surface area contributed by atoms with Gasteiger partial charge < -0.3 is 19.1 Å². The number of amides is 1. The van der Waals surface area contributed by atoms with Gasteiger partial charge in [0.15, 0.2) is 0 Å². The van der Waals surface area contributed by atoms with Crippen molar-refractivity contribution in [1.82, 2.24) is 5.16 Å². The van der Waals surface area contributed by atoms with Gasteiger partial charge in [0.1, 0.15) is 29.2 Å². The third-order valence-corrected chi connectivity index (χ3v) is 6.12. The molecular weight excluding hydrogens is 460 g/mol. The van der Waals surface area contributed by atoms with Crippen molar-refractivity contribution in [3.8, 4) is 22.8 Å². The summed E-state index contributed by atoms with van der Waals surface area (Å²) in [6.07, 6.45) is 1.47. The second kappa shape index (κ2) is 9.42. The van der Waals surface area contributed by atoms with Gasteiger partial charge >= 0.3 is 0 Å². The molecule has 0 radical (unpaired) electrons. The van der Waals surface area contributed by atoms with Crippen LogP contribution in [0.1, 0.15) is 17.2 Å². The molecule has 36 heavy (non-hydrogen) atoms. The van der Waals surface area contributed by atoms with Crippen LogP contribution in [0.3, 0.4) is 0 Å². The van der Waals surface area contributed by atoms with Crippen LogP contribution in [0.25, 0.3) is 17.0 Å². The third kappa shape index (κ3) is 3.88. The Hall–Kier alpha value is -4.85. The summed E-state index contributed by atoms with van der Waals surface area (Å²) in [5.41, 5.74) is 2.83. The summed E-state index contributed by atoms with van der Waals surface area (Å²) >= 11 is 0. The summed E-state index contributed by atoms with van der Waals surface area (Å²) in [4.78, 5) is 28.1. The Morgan fingerprint density at radius 3 is 2.28 bits per heavy atom. The number of hydrogen-bond donors (Lipinski definition) is 1. The monoisotopic (exact) mass is 482 g/mol. The number of para-hydroxylation sites is 1. The highest BCUT2D eigenvalue weighted by atomic mass is 16.5. The summed E-state index contributed by atoms with van der Waals surface area (Å²) in [7, 11) is 3.05. The van der Waals surface area contributed by atoms with Gasteiger partial charge in [-0.2, -0.15) is 0 Å². The summed E-state index contributed by atoms with van der Waals surface area (Å²) in [5.74, 6) is -0.752. The van der Waals surface area contributed by atoms with Gasteiger partial charge in [0.2, 0.25) is 0 Å². The minimum Gasteiger partial charge on any atom is -0.507 e. The van der Waals surface area contributed by atoms with Crippen molar-refractivity contribution in [3.05, 3.63) is 102 Å². The van der Waals surface area contributed by atoms with Crippen molar-refractivity contribution >= 4 is 23.1 Å². The van der Waals surface area contributed by atoms with E-state index in [1.165, 1.54) is 25.4 Å². The Labute approximate surface area is 207 Å². The van der Waals surface area contributed by atoms with Crippen molar-refractivity contribution in [1.29, 1.82) is 0 Å². The maximum atomic E-state index is 13.4. The zero-order valence-corrected chi connectivity index (χ0v) is 19.5. The largest absolute Gasteiger partial charge is 0.507 e. The second-order valence-electron chi connectivity index (χ2n) is 8.07. The number of carbonyl (C=O) groups excluding carboxylic acids is 2. The molecule has 0 aliphatic carbocycles. The molecule has 0 bridgehead atoms. The minimum atomic E-state index is -0.916. The molecule has 8 nitrogen and oxygen atoms in total. The molecule has 2 heterocycles. The van der Waals surface area contributed by atoms with E-state index in [0.717, 1.165) is 5.56 Å². The van der Waals surface area contributed by atoms with Crippen LogP contribution in [0, 0.1) is 0 Å². The van der Waals surface area contributed by atoms with Gasteiger partial charge in [0.25, 0.3) is 11.7 Å². The fourth-order valence-corrected chi connectivity index (χ4v) is 4.34. The first-order valence-electron chi connectivity index (χ1n) is 11.1. The molecule has 180 valence electrons. The molecule has 1 aromatic heterocycles. The van der Waals surface area contributed by atoms with E-state index in [0.29, 0.717) is 34.0 Å². The molecule has 4 aromatic rings. The summed E-state index contributed by atoms with van der Waals surface area (Å²) in [6.45, 7) is 0. The molecule has 1 fully saturated rings. The number of rotatable bonds is 6. The average Bonchev–Trinajstić information content (AvgIpc) is 3.55. The van der Waals surface area contributed by atoms with E-state index >= 15 is 0 Å². The number of carbonyl (C=O) groups is 2. The Bertz CT molecular complexity index is 1440. The quantitative estimate of drug-likeness (QED) is 0.235. The van der Waals surface area contributed by atoms with E-state index in [4.69, 9.17) is 14.0 Å². The maximum Gasteiger partial charge on any atom is 0.300 e. The van der Waals surface area contributed by atoms with Gasteiger partial charge in [-0.1, -0.05) is 35.5 Å². The number of anilines is 1. The summed E-state index contributed by atoms with van der Waals surface area (Å²) in [5, 5.41) is 15.2. The first kappa shape index (κ1) is 22.9. The van der Waals surface area contributed by atoms with Crippen molar-refractivity contribution in [3.63, 3.8) is 0 Å². The Kier molecular flexibility index (Phi) is 6.00. The number of ketones is 1. The highest BCUT2D eigenvalue weighted by Crippen LogP contribution is 2.45. The molecule has 1 atom stereocenters. The molecule has 1 N–H and O–H groups in total.